The van der Waals surface area contributed by atoms with Gasteiger partial charge in [0.15, 0.2) is 5.82 Å². The number of carboxylic acids is 1. The first-order valence-corrected chi connectivity index (χ1v) is 12.8. The van der Waals surface area contributed by atoms with E-state index < -0.39 is 17.9 Å². The third kappa shape index (κ3) is 4.14. The lowest BCUT2D eigenvalue weighted by molar-refractivity contribution is -0.141. The zero-order valence-electron chi connectivity index (χ0n) is 21.3. The molecule has 0 fully saturated rings. The van der Waals surface area contributed by atoms with E-state index in [4.69, 9.17) is 9.73 Å². The number of hydrogen-bond donors (Lipinski definition) is 2. The van der Waals surface area contributed by atoms with Crippen LogP contribution in [0, 0.1) is 26.7 Å². The molecule has 3 heterocycles. The van der Waals surface area contributed by atoms with E-state index in [9.17, 15) is 15.0 Å². The van der Waals surface area contributed by atoms with Crippen LogP contribution in [0.3, 0.4) is 0 Å². The van der Waals surface area contributed by atoms with E-state index in [2.05, 4.69) is 24.0 Å². The molecular weight excluding hydrogens is 488 g/mol. The second kappa shape index (κ2) is 9.57. The van der Waals surface area contributed by atoms with E-state index in [1.54, 1.807) is 25.4 Å². The molecule has 0 saturated carbocycles. The third-order valence-corrected chi connectivity index (χ3v) is 8.19. The zero-order chi connectivity index (χ0) is 26.4. The largest absolute Gasteiger partial charge is 0.496 e. The number of carbonyl (C=O) groups is 1. The molecule has 190 valence electrons. The van der Waals surface area contributed by atoms with Crippen molar-refractivity contribution in [3.8, 4) is 21.9 Å². The Morgan fingerprint density at radius 2 is 1.76 bits per heavy atom. The number of aliphatic imine (C=N–C) groups is 1. The topological polar surface area (TPSA) is 110 Å². The summed E-state index contributed by atoms with van der Waals surface area (Å²) >= 11 is 1.64. The first-order chi connectivity index (χ1) is 17.7. The lowest BCUT2D eigenvalue weighted by atomic mass is 9.96. The smallest absolute Gasteiger partial charge is 0.308 e. The summed E-state index contributed by atoms with van der Waals surface area (Å²) in [5.41, 5.74) is 6.38. The molecule has 2 aromatic carbocycles. The zero-order valence-corrected chi connectivity index (χ0v) is 22.1. The van der Waals surface area contributed by atoms with Crippen molar-refractivity contribution >= 4 is 23.0 Å². The Balaban J connectivity index is 1.66. The minimum atomic E-state index is -0.937. The van der Waals surface area contributed by atoms with Crippen molar-refractivity contribution in [1.29, 1.82) is 0 Å². The second-order valence-electron chi connectivity index (χ2n) is 9.22. The summed E-state index contributed by atoms with van der Waals surface area (Å²) < 4.78 is 7.29. The van der Waals surface area contributed by atoms with Crippen LogP contribution in [0.4, 0.5) is 0 Å². The quantitative estimate of drug-likeness (QED) is 0.372. The van der Waals surface area contributed by atoms with Crippen molar-refractivity contribution in [1.82, 2.24) is 14.8 Å². The molecule has 0 radical (unpaired) electrons. The molecule has 1 aliphatic heterocycles. The number of aliphatic hydroxyl groups is 1. The van der Waals surface area contributed by atoms with E-state index in [-0.39, 0.29) is 6.61 Å². The van der Waals surface area contributed by atoms with Crippen LogP contribution < -0.4 is 4.74 Å². The number of aromatic nitrogens is 3. The summed E-state index contributed by atoms with van der Waals surface area (Å²) in [6.45, 7) is 7.57. The maximum atomic E-state index is 12.1. The Bertz CT molecular complexity index is 1530. The van der Waals surface area contributed by atoms with Gasteiger partial charge in [0, 0.05) is 21.6 Å². The molecule has 0 amide bonds. The number of ether oxygens (including phenoxy) is 1. The summed E-state index contributed by atoms with van der Waals surface area (Å²) in [6.07, 6.45) is 0. The molecule has 2 atom stereocenters. The van der Waals surface area contributed by atoms with Gasteiger partial charge in [-0.3, -0.25) is 14.4 Å². The number of nitrogens with zero attached hydrogens (tertiary/aromatic N) is 4. The molecule has 9 heteroatoms. The highest BCUT2D eigenvalue weighted by Crippen LogP contribution is 2.41. The molecular formula is C28H28N4O4S. The van der Waals surface area contributed by atoms with Gasteiger partial charge in [0.1, 0.15) is 22.6 Å². The predicted molar refractivity (Wildman–Crippen MR) is 143 cm³/mol. The van der Waals surface area contributed by atoms with Crippen LogP contribution in [0.5, 0.6) is 5.75 Å². The van der Waals surface area contributed by atoms with Crippen molar-refractivity contribution in [2.24, 2.45) is 10.9 Å². The number of thiophene rings is 1. The van der Waals surface area contributed by atoms with Crippen LogP contribution in [0.15, 0.2) is 47.5 Å². The maximum Gasteiger partial charge on any atom is 0.308 e. The van der Waals surface area contributed by atoms with Crippen LogP contribution >= 0.6 is 11.3 Å². The van der Waals surface area contributed by atoms with Crippen LogP contribution in [-0.2, 0) is 11.4 Å². The maximum absolute atomic E-state index is 12.1. The fourth-order valence-corrected chi connectivity index (χ4v) is 5.93. The average Bonchev–Trinajstić information content (AvgIpc) is 3.37. The molecule has 2 aromatic heterocycles. The molecule has 0 saturated heterocycles. The highest BCUT2D eigenvalue weighted by molar-refractivity contribution is 7.15. The van der Waals surface area contributed by atoms with Gasteiger partial charge in [-0.05, 0) is 56.5 Å². The molecule has 5 rings (SSSR count). The molecule has 0 bridgehead atoms. The summed E-state index contributed by atoms with van der Waals surface area (Å²) in [7, 11) is 1.58. The van der Waals surface area contributed by atoms with Crippen molar-refractivity contribution < 1.29 is 19.7 Å². The van der Waals surface area contributed by atoms with E-state index in [1.165, 1.54) is 0 Å². The molecule has 1 unspecified atom stereocenters. The van der Waals surface area contributed by atoms with Crippen LogP contribution in [0.25, 0.3) is 16.1 Å². The lowest BCUT2D eigenvalue weighted by Crippen LogP contribution is -2.21. The number of benzene rings is 2. The van der Waals surface area contributed by atoms with Crippen molar-refractivity contribution in [2.75, 3.05) is 7.11 Å². The Kier molecular flexibility index (Phi) is 6.43. The van der Waals surface area contributed by atoms with Gasteiger partial charge in [-0.15, -0.1) is 21.5 Å². The van der Waals surface area contributed by atoms with Crippen LogP contribution in [0.2, 0.25) is 0 Å². The Hall–Kier alpha value is -3.82. The highest BCUT2D eigenvalue weighted by atomic mass is 32.1. The monoisotopic (exact) mass is 516 g/mol. The molecule has 0 spiro atoms. The Morgan fingerprint density at radius 3 is 2.41 bits per heavy atom. The SMILES string of the molecule is COc1ccc(-c2ccc(C3=N[C@@H](C(C)C(=O)O)c4nnc(C)n4-c4sc(C)c(C)c43)cc2)cc1CO. The summed E-state index contributed by atoms with van der Waals surface area (Å²) in [6, 6.07) is 13.1. The number of hydrogen-bond acceptors (Lipinski definition) is 7. The average molecular weight is 517 g/mol. The lowest BCUT2D eigenvalue weighted by Gasteiger charge is -2.16. The number of carboxylic acid groups (broad SMARTS) is 1. The highest BCUT2D eigenvalue weighted by Gasteiger charge is 2.36. The molecule has 8 nitrogen and oxygen atoms in total. The van der Waals surface area contributed by atoms with Gasteiger partial charge in [0.2, 0.25) is 0 Å². The first-order valence-electron chi connectivity index (χ1n) is 12.0. The third-order valence-electron chi connectivity index (χ3n) is 6.99. The molecule has 4 aromatic rings. The fourth-order valence-electron chi connectivity index (χ4n) is 4.72. The number of aryl methyl sites for hydroxylation is 2. The number of rotatable bonds is 6. The van der Waals surface area contributed by atoms with Gasteiger partial charge in [-0.25, -0.2) is 0 Å². The van der Waals surface area contributed by atoms with E-state index >= 15 is 0 Å². The summed E-state index contributed by atoms with van der Waals surface area (Å²) in [5, 5.41) is 29.2. The van der Waals surface area contributed by atoms with Crippen molar-refractivity contribution in [3.05, 3.63) is 81.2 Å². The van der Waals surface area contributed by atoms with Crippen molar-refractivity contribution in [2.45, 2.75) is 40.3 Å². The fraction of sp³-hybridized carbons (Fsp3) is 0.286. The van der Waals surface area contributed by atoms with E-state index in [0.717, 1.165) is 49.0 Å². The van der Waals surface area contributed by atoms with Gasteiger partial charge < -0.3 is 14.9 Å². The molecule has 37 heavy (non-hydrogen) atoms. The first kappa shape index (κ1) is 24.9. The normalized spacial score (nSPS) is 15.4. The molecule has 0 aliphatic carbocycles. The minimum absolute atomic E-state index is 0.113. The van der Waals surface area contributed by atoms with Crippen LogP contribution in [-0.4, -0.2) is 43.8 Å². The summed E-state index contributed by atoms with van der Waals surface area (Å²) in [5.74, 6) is 0.158. The Morgan fingerprint density at radius 1 is 1.08 bits per heavy atom. The standard InChI is InChI=1S/C28H28N4O4S/c1-14-16(3)37-27-23(14)25(29-24(15(2)28(34)35)26-31-30-17(4)32(26)27)19-8-6-18(7-9-19)20-10-11-22(36-5)21(12-20)13-33/h6-12,15,24,33H,13H2,1-5H3,(H,34,35)/t15?,24-/m0/s1. The van der Waals surface area contributed by atoms with Gasteiger partial charge in [-0.2, -0.15) is 0 Å². The van der Waals surface area contributed by atoms with Gasteiger partial charge in [0.05, 0.1) is 25.3 Å². The number of aliphatic hydroxyl groups excluding tert-OH is 1. The van der Waals surface area contributed by atoms with Gasteiger partial charge in [0.25, 0.3) is 0 Å². The number of aliphatic carboxylic acids is 1. The minimum Gasteiger partial charge on any atom is -0.496 e. The summed E-state index contributed by atoms with van der Waals surface area (Å²) in [4.78, 5) is 18.3. The number of methoxy groups -OCH3 is 1. The van der Waals surface area contributed by atoms with E-state index in [1.807, 2.05) is 54.0 Å². The second-order valence-corrected chi connectivity index (χ2v) is 10.4. The van der Waals surface area contributed by atoms with Gasteiger partial charge in [-0.1, -0.05) is 30.3 Å². The molecule has 2 N–H and O–H groups in total. The van der Waals surface area contributed by atoms with Crippen molar-refractivity contribution in [3.63, 3.8) is 0 Å². The Labute approximate surface area is 218 Å². The molecule has 1 aliphatic rings. The van der Waals surface area contributed by atoms with Crippen LogP contribution in [0.1, 0.15) is 51.7 Å². The predicted octanol–water partition coefficient (Wildman–Crippen LogP) is 5.03. The van der Waals surface area contributed by atoms with E-state index in [0.29, 0.717) is 17.4 Å². The van der Waals surface area contributed by atoms with Gasteiger partial charge >= 0.3 is 5.97 Å². The number of fused-ring (bicyclic) bond motifs is 3.